The van der Waals surface area contributed by atoms with Gasteiger partial charge in [-0.15, -0.1) is 11.3 Å². The average molecular weight is 250 g/mol. The second-order valence-electron chi connectivity index (χ2n) is 4.62. The number of rotatable bonds is 1. The molecular weight excluding hydrogens is 236 g/mol. The number of ether oxygens (including phenoxy) is 1. The molecule has 0 aliphatic carbocycles. The first-order valence-corrected chi connectivity index (χ1v) is 6.16. The summed E-state index contributed by atoms with van der Waals surface area (Å²) in [6.07, 6.45) is 1.22. The van der Waals surface area contributed by atoms with Gasteiger partial charge in [-0.1, -0.05) is 0 Å². The minimum atomic E-state index is -0.494. The van der Waals surface area contributed by atoms with Crippen LogP contribution in [0.25, 0.3) is 10.2 Å². The number of anilines is 1. The molecule has 0 radical (unpaired) electrons. The number of hydrogen-bond acceptors (Lipinski definition) is 4. The van der Waals surface area contributed by atoms with Gasteiger partial charge in [0.1, 0.15) is 5.60 Å². The normalized spacial score (nSPS) is 11.5. The number of carbonyl (C=O) groups excluding carboxylic acids is 1. The molecule has 5 heteroatoms. The predicted molar refractivity (Wildman–Crippen MR) is 69.5 cm³/mol. The average Bonchev–Trinajstić information content (AvgIpc) is 2.63. The molecule has 2 aromatic rings. The summed E-state index contributed by atoms with van der Waals surface area (Å²) in [5, 5.41) is 4.68. The Morgan fingerprint density at radius 2 is 2.18 bits per heavy atom. The Labute approximate surface area is 104 Å². The third-order valence-electron chi connectivity index (χ3n) is 1.98. The maximum absolute atomic E-state index is 11.6. The highest BCUT2D eigenvalue weighted by molar-refractivity contribution is 7.17. The summed E-state index contributed by atoms with van der Waals surface area (Å²) in [6, 6.07) is 3.68. The number of thiophene rings is 1. The van der Waals surface area contributed by atoms with Crippen molar-refractivity contribution < 1.29 is 9.53 Å². The van der Waals surface area contributed by atoms with E-state index in [1.807, 2.05) is 32.2 Å². The van der Waals surface area contributed by atoms with Crippen molar-refractivity contribution in [1.82, 2.24) is 4.98 Å². The van der Waals surface area contributed by atoms with Gasteiger partial charge < -0.3 is 4.74 Å². The van der Waals surface area contributed by atoms with Crippen LogP contribution in [0.3, 0.4) is 0 Å². The van der Waals surface area contributed by atoms with Gasteiger partial charge in [-0.3, -0.25) is 10.3 Å². The van der Waals surface area contributed by atoms with Crippen molar-refractivity contribution >= 4 is 33.3 Å². The number of amides is 1. The van der Waals surface area contributed by atoms with Crippen molar-refractivity contribution in [3.05, 3.63) is 23.7 Å². The van der Waals surface area contributed by atoms with Crippen molar-refractivity contribution in [3.63, 3.8) is 0 Å². The lowest BCUT2D eigenvalue weighted by Crippen LogP contribution is -2.27. The highest BCUT2D eigenvalue weighted by atomic mass is 32.1. The molecule has 0 saturated heterocycles. The molecule has 2 rings (SSSR count). The van der Waals surface area contributed by atoms with E-state index in [1.54, 1.807) is 23.6 Å². The molecule has 4 nitrogen and oxygen atoms in total. The molecule has 0 bridgehead atoms. The van der Waals surface area contributed by atoms with Crippen molar-refractivity contribution in [1.29, 1.82) is 0 Å². The summed E-state index contributed by atoms with van der Waals surface area (Å²) in [5.74, 6) is 0. The monoisotopic (exact) mass is 250 g/mol. The van der Waals surface area contributed by atoms with Crippen LogP contribution in [0.15, 0.2) is 23.7 Å². The summed E-state index contributed by atoms with van der Waals surface area (Å²) < 4.78 is 6.16. The van der Waals surface area contributed by atoms with Gasteiger partial charge >= 0.3 is 6.09 Å². The minimum Gasteiger partial charge on any atom is -0.444 e. The van der Waals surface area contributed by atoms with E-state index in [0.717, 1.165) is 15.9 Å². The second kappa shape index (κ2) is 4.33. The van der Waals surface area contributed by atoms with Gasteiger partial charge in [0.2, 0.25) is 0 Å². The van der Waals surface area contributed by atoms with E-state index in [0.29, 0.717) is 0 Å². The lowest BCUT2D eigenvalue weighted by molar-refractivity contribution is 0.0636. The Hall–Kier alpha value is -1.62. The zero-order valence-electron chi connectivity index (χ0n) is 9.98. The molecule has 0 atom stereocenters. The van der Waals surface area contributed by atoms with Crippen LogP contribution in [-0.2, 0) is 4.74 Å². The molecule has 0 unspecified atom stereocenters. The molecule has 1 amide bonds. The van der Waals surface area contributed by atoms with Crippen LogP contribution in [0.1, 0.15) is 20.8 Å². The van der Waals surface area contributed by atoms with E-state index >= 15 is 0 Å². The molecule has 2 heterocycles. The van der Waals surface area contributed by atoms with Crippen LogP contribution in [-0.4, -0.2) is 16.7 Å². The summed E-state index contributed by atoms with van der Waals surface area (Å²) in [6.45, 7) is 5.50. The van der Waals surface area contributed by atoms with Crippen LogP contribution in [0, 0.1) is 0 Å². The first kappa shape index (κ1) is 11.9. The molecule has 0 aliphatic rings. The fourth-order valence-electron chi connectivity index (χ4n) is 1.39. The topological polar surface area (TPSA) is 51.2 Å². The summed E-state index contributed by atoms with van der Waals surface area (Å²) in [7, 11) is 0. The van der Waals surface area contributed by atoms with Gasteiger partial charge in [0.05, 0.1) is 15.9 Å². The molecule has 0 aromatic carbocycles. The second-order valence-corrected chi connectivity index (χ2v) is 5.54. The summed E-state index contributed by atoms with van der Waals surface area (Å²) >= 11 is 1.54. The van der Waals surface area contributed by atoms with Crippen LogP contribution < -0.4 is 5.32 Å². The van der Waals surface area contributed by atoms with Crippen molar-refractivity contribution in [2.24, 2.45) is 0 Å². The number of carbonyl (C=O) groups is 1. The smallest absolute Gasteiger partial charge is 0.412 e. The van der Waals surface area contributed by atoms with Crippen molar-refractivity contribution in [2.45, 2.75) is 26.4 Å². The lowest BCUT2D eigenvalue weighted by atomic mass is 10.2. The Morgan fingerprint density at radius 1 is 1.41 bits per heavy atom. The molecule has 0 fully saturated rings. The third kappa shape index (κ3) is 2.94. The van der Waals surface area contributed by atoms with Crippen molar-refractivity contribution in [2.75, 3.05) is 5.32 Å². The molecule has 0 spiro atoms. The van der Waals surface area contributed by atoms with E-state index < -0.39 is 11.7 Å². The van der Waals surface area contributed by atoms with Gasteiger partial charge in [-0.2, -0.15) is 0 Å². The number of fused-ring (bicyclic) bond motifs is 1. The Morgan fingerprint density at radius 3 is 2.88 bits per heavy atom. The van der Waals surface area contributed by atoms with E-state index in [-0.39, 0.29) is 0 Å². The van der Waals surface area contributed by atoms with Crippen LogP contribution in [0.2, 0.25) is 0 Å². The quantitative estimate of drug-likeness (QED) is 0.840. The van der Waals surface area contributed by atoms with Gasteiger partial charge in [0, 0.05) is 6.20 Å². The summed E-state index contributed by atoms with van der Waals surface area (Å²) in [5.41, 5.74) is 1.12. The van der Waals surface area contributed by atoms with E-state index in [4.69, 9.17) is 4.74 Å². The van der Waals surface area contributed by atoms with Crippen LogP contribution in [0.4, 0.5) is 10.5 Å². The van der Waals surface area contributed by atoms with Crippen molar-refractivity contribution in [3.8, 4) is 0 Å². The van der Waals surface area contributed by atoms with Gasteiger partial charge in [0.25, 0.3) is 0 Å². The molecule has 0 aliphatic heterocycles. The molecular formula is C12H14N2O2S. The fraction of sp³-hybridized carbons (Fsp3) is 0.333. The lowest BCUT2D eigenvalue weighted by Gasteiger charge is -2.19. The predicted octanol–water partition coefficient (Wildman–Crippen LogP) is 3.64. The third-order valence-corrected chi connectivity index (χ3v) is 2.92. The Kier molecular flexibility index (Phi) is 3.02. The maximum Gasteiger partial charge on any atom is 0.412 e. The Balaban J connectivity index is 2.18. The number of pyridine rings is 1. The number of aromatic nitrogens is 1. The largest absolute Gasteiger partial charge is 0.444 e. The first-order chi connectivity index (χ1) is 7.96. The van der Waals surface area contributed by atoms with Crippen LogP contribution >= 0.6 is 11.3 Å². The molecule has 1 N–H and O–H groups in total. The molecule has 90 valence electrons. The molecule has 0 saturated carbocycles. The van der Waals surface area contributed by atoms with E-state index in [1.165, 1.54) is 0 Å². The van der Waals surface area contributed by atoms with Crippen LogP contribution in [0.5, 0.6) is 0 Å². The fourth-order valence-corrected chi connectivity index (χ4v) is 2.21. The highest BCUT2D eigenvalue weighted by Crippen LogP contribution is 2.27. The number of hydrogen-bond donors (Lipinski definition) is 1. The highest BCUT2D eigenvalue weighted by Gasteiger charge is 2.17. The molecule has 2 aromatic heterocycles. The summed E-state index contributed by atoms with van der Waals surface area (Å²) in [4.78, 5) is 15.8. The zero-order chi connectivity index (χ0) is 12.5. The SMILES string of the molecule is CC(C)(C)OC(=O)Nc1ccnc2ccsc12. The van der Waals surface area contributed by atoms with Gasteiger partial charge in [-0.05, 0) is 38.3 Å². The Bertz CT molecular complexity index is 543. The minimum absolute atomic E-state index is 0.446. The number of nitrogens with one attached hydrogen (secondary N) is 1. The number of nitrogens with zero attached hydrogens (tertiary/aromatic N) is 1. The van der Waals surface area contributed by atoms with E-state index in [2.05, 4.69) is 10.3 Å². The zero-order valence-corrected chi connectivity index (χ0v) is 10.8. The van der Waals surface area contributed by atoms with Gasteiger partial charge in [0.15, 0.2) is 0 Å². The standard InChI is InChI=1S/C12H14N2O2S/c1-12(2,3)16-11(15)14-9-4-6-13-8-5-7-17-10(8)9/h4-7H,1-3H3,(H,13,14,15). The first-order valence-electron chi connectivity index (χ1n) is 5.28. The van der Waals surface area contributed by atoms with Gasteiger partial charge in [-0.25, -0.2) is 4.79 Å². The molecule has 17 heavy (non-hydrogen) atoms. The maximum atomic E-state index is 11.6. The van der Waals surface area contributed by atoms with E-state index in [9.17, 15) is 4.79 Å².